The molecule has 1 aromatic carbocycles. The molecule has 0 aromatic heterocycles. The third-order valence-corrected chi connectivity index (χ3v) is 4.25. The molecule has 1 aliphatic rings. The topological polar surface area (TPSA) is 24.5 Å². The highest BCUT2D eigenvalue weighted by Gasteiger charge is 2.28. The van der Waals surface area contributed by atoms with Crippen LogP contribution in [0, 0.1) is 0 Å². The van der Waals surface area contributed by atoms with Crippen molar-refractivity contribution in [2.75, 3.05) is 20.7 Å². The molecule has 0 bridgehead atoms. The van der Waals surface area contributed by atoms with Crippen molar-refractivity contribution in [3.8, 4) is 5.75 Å². The first kappa shape index (κ1) is 14.4. The van der Waals surface area contributed by atoms with Gasteiger partial charge in [-0.2, -0.15) is 0 Å². The van der Waals surface area contributed by atoms with E-state index >= 15 is 0 Å². The van der Waals surface area contributed by atoms with Crippen LogP contribution in [0.2, 0.25) is 0 Å². The molecule has 106 valence electrons. The minimum atomic E-state index is 0.375. The highest BCUT2D eigenvalue weighted by molar-refractivity contribution is 5.35. The maximum absolute atomic E-state index is 5.48. The Bertz CT molecular complexity index is 397. The van der Waals surface area contributed by atoms with Gasteiger partial charge >= 0.3 is 0 Å². The SMILES string of the molecule is CCC(NC1CC(C)N(C)C1)c1ccccc1OC. The molecule has 1 saturated heterocycles. The lowest BCUT2D eigenvalue weighted by molar-refractivity contribution is 0.323. The molecule has 1 fully saturated rings. The second-order valence-electron chi connectivity index (χ2n) is 5.59. The van der Waals surface area contributed by atoms with Crippen molar-refractivity contribution in [3.05, 3.63) is 29.8 Å². The van der Waals surface area contributed by atoms with Gasteiger partial charge in [-0.25, -0.2) is 0 Å². The largest absolute Gasteiger partial charge is 0.496 e. The highest BCUT2D eigenvalue weighted by Crippen LogP contribution is 2.28. The van der Waals surface area contributed by atoms with Gasteiger partial charge in [0.2, 0.25) is 0 Å². The van der Waals surface area contributed by atoms with Gasteiger partial charge in [0.15, 0.2) is 0 Å². The summed E-state index contributed by atoms with van der Waals surface area (Å²) in [6.45, 7) is 5.66. The molecule has 3 nitrogen and oxygen atoms in total. The van der Waals surface area contributed by atoms with Gasteiger partial charge in [0.05, 0.1) is 7.11 Å². The van der Waals surface area contributed by atoms with Gasteiger partial charge in [0.25, 0.3) is 0 Å². The summed E-state index contributed by atoms with van der Waals surface area (Å²) in [7, 11) is 3.95. The van der Waals surface area contributed by atoms with Crippen molar-refractivity contribution in [2.24, 2.45) is 0 Å². The normalized spacial score (nSPS) is 25.5. The lowest BCUT2D eigenvalue weighted by atomic mass is 10.0. The molecule has 1 heterocycles. The van der Waals surface area contributed by atoms with Crippen LogP contribution in [0.25, 0.3) is 0 Å². The zero-order chi connectivity index (χ0) is 13.8. The van der Waals surface area contributed by atoms with E-state index < -0.39 is 0 Å². The zero-order valence-electron chi connectivity index (χ0n) is 12.5. The maximum Gasteiger partial charge on any atom is 0.123 e. The van der Waals surface area contributed by atoms with Crippen molar-refractivity contribution in [1.29, 1.82) is 0 Å². The summed E-state index contributed by atoms with van der Waals surface area (Å²) >= 11 is 0. The second kappa shape index (κ2) is 6.40. The molecule has 19 heavy (non-hydrogen) atoms. The van der Waals surface area contributed by atoms with E-state index in [1.165, 1.54) is 12.0 Å². The first-order valence-electron chi connectivity index (χ1n) is 7.24. The van der Waals surface area contributed by atoms with Crippen LogP contribution in [0.15, 0.2) is 24.3 Å². The van der Waals surface area contributed by atoms with Crippen LogP contribution in [0.1, 0.15) is 38.3 Å². The molecule has 1 N–H and O–H groups in total. The fraction of sp³-hybridized carbons (Fsp3) is 0.625. The average molecular weight is 262 g/mol. The standard InChI is InChI=1S/C16H26N2O/c1-5-15(14-8-6-7-9-16(14)19-4)17-13-10-12(2)18(3)11-13/h6-9,12-13,15,17H,5,10-11H2,1-4H3. The van der Waals surface area contributed by atoms with Crippen molar-refractivity contribution in [3.63, 3.8) is 0 Å². The fourth-order valence-electron chi connectivity index (χ4n) is 2.98. The number of methoxy groups -OCH3 is 1. The molecule has 0 saturated carbocycles. The maximum atomic E-state index is 5.48. The second-order valence-corrected chi connectivity index (χ2v) is 5.59. The first-order valence-corrected chi connectivity index (χ1v) is 7.24. The van der Waals surface area contributed by atoms with Gasteiger partial charge < -0.3 is 15.0 Å². The summed E-state index contributed by atoms with van der Waals surface area (Å²) in [5.74, 6) is 0.987. The van der Waals surface area contributed by atoms with Crippen LogP contribution < -0.4 is 10.1 Å². The minimum Gasteiger partial charge on any atom is -0.496 e. The van der Waals surface area contributed by atoms with Crippen molar-refractivity contribution in [2.45, 2.75) is 44.8 Å². The molecule has 1 aliphatic heterocycles. The number of likely N-dealkylation sites (N-methyl/N-ethyl adjacent to an activating group) is 1. The van der Waals surface area contributed by atoms with E-state index in [-0.39, 0.29) is 0 Å². The lowest BCUT2D eigenvalue weighted by Gasteiger charge is -2.23. The van der Waals surface area contributed by atoms with Crippen LogP contribution in [0.3, 0.4) is 0 Å². The molecular formula is C16H26N2O. The molecule has 3 atom stereocenters. The third kappa shape index (κ3) is 3.28. The zero-order valence-corrected chi connectivity index (χ0v) is 12.5. The van der Waals surface area contributed by atoms with Gasteiger partial charge in [-0.05, 0) is 32.9 Å². The van der Waals surface area contributed by atoms with E-state index in [2.05, 4.69) is 43.2 Å². The first-order chi connectivity index (χ1) is 9.15. The summed E-state index contributed by atoms with van der Waals surface area (Å²) in [5.41, 5.74) is 1.27. The van der Waals surface area contributed by atoms with E-state index in [1.54, 1.807) is 7.11 Å². The molecule has 0 aliphatic carbocycles. The summed E-state index contributed by atoms with van der Waals surface area (Å²) < 4.78 is 5.48. The molecule has 3 heteroatoms. The van der Waals surface area contributed by atoms with E-state index in [4.69, 9.17) is 4.74 Å². The van der Waals surface area contributed by atoms with Crippen LogP contribution in [0.5, 0.6) is 5.75 Å². The summed E-state index contributed by atoms with van der Waals surface area (Å²) in [4.78, 5) is 2.42. The Morgan fingerprint density at radius 2 is 2.16 bits per heavy atom. The Kier molecular flexibility index (Phi) is 4.83. The predicted molar refractivity (Wildman–Crippen MR) is 79.7 cm³/mol. The number of hydrogen-bond acceptors (Lipinski definition) is 3. The van der Waals surface area contributed by atoms with Crippen LogP contribution in [-0.4, -0.2) is 37.7 Å². The Hall–Kier alpha value is -1.06. The number of likely N-dealkylation sites (tertiary alicyclic amines) is 1. The molecule has 3 unspecified atom stereocenters. The van der Waals surface area contributed by atoms with Gasteiger partial charge in [-0.1, -0.05) is 25.1 Å². The van der Waals surface area contributed by atoms with Crippen LogP contribution in [-0.2, 0) is 0 Å². The smallest absolute Gasteiger partial charge is 0.123 e. The minimum absolute atomic E-state index is 0.375. The van der Waals surface area contributed by atoms with Crippen molar-refractivity contribution in [1.82, 2.24) is 10.2 Å². The highest BCUT2D eigenvalue weighted by atomic mass is 16.5. The van der Waals surface area contributed by atoms with Gasteiger partial charge in [-0.15, -0.1) is 0 Å². The lowest BCUT2D eigenvalue weighted by Crippen LogP contribution is -2.34. The molecule has 0 radical (unpaired) electrons. The van der Waals surface area contributed by atoms with Gasteiger partial charge in [0, 0.05) is 30.2 Å². The number of ether oxygens (including phenoxy) is 1. The van der Waals surface area contributed by atoms with Crippen molar-refractivity contribution >= 4 is 0 Å². The van der Waals surface area contributed by atoms with Crippen LogP contribution >= 0.6 is 0 Å². The average Bonchev–Trinajstić information content (AvgIpc) is 2.75. The summed E-state index contributed by atoms with van der Waals surface area (Å²) in [6, 6.07) is 9.96. The number of hydrogen-bond donors (Lipinski definition) is 1. The van der Waals surface area contributed by atoms with E-state index in [0.717, 1.165) is 18.7 Å². The third-order valence-electron chi connectivity index (χ3n) is 4.25. The summed E-state index contributed by atoms with van der Waals surface area (Å²) in [6.07, 6.45) is 2.30. The van der Waals surface area contributed by atoms with Crippen molar-refractivity contribution < 1.29 is 4.74 Å². The molecular weight excluding hydrogens is 236 g/mol. The number of benzene rings is 1. The Morgan fingerprint density at radius 3 is 2.74 bits per heavy atom. The predicted octanol–water partition coefficient (Wildman–Crippen LogP) is 2.83. The summed E-state index contributed by atoms with van der Waals surface area (Å²) in [5, 5.41) is 3.80. The quantitative estimate of drug-likeness (QED) is 0.883. The fourth-order valence-corrected chi connectivity index (χ4v) is 2.98. The number of nitrogens with zero attached hydrogens (tertiary/aromatic N) is 1. The number of nitrogens with one attached hydrogen (secondary N) is 1. The van der Waals surface area contributed by atoms with Gasteiger partial charge in [0.1, 0.15) is 5.75 Å². The Balaban J connectivity index is 2.08. The Morgan fingerprint density at radius 1 is 1.42 bits per heavy atom. The van der Waals surface area contributed by atoms with Gasteiger partial charge in [-0.3, -0.25) is 0 Å². The van der Waals surface area contributed by atoms with Crippen LogP contribution in [0.4, 0.5) is 0 Å². The monoisotopic (exact) mass is 262 g/mol. The number of rotatable bonds is 5. The molecule has 2 rings (SSSR count). The van der Waals surface area contributed by atoms with E-state index in [0.29, 0.717) is 18.1 Å². The molecule has 1 aromatic rings. The van der Waals surface area contributed by atoms with E-state index in [9.17, 15) is 0 Å². The Labute approximate surface area is 116 Å². The number of para-hydroxylation sites is 1. The van der Waals surface area contributed by atoms with E-state index in [1.807, 2.05) is 12.1 Å². The molecule has 0 spiro atoms. The molecule has 0 amide bonds.